The Kier molecular flexibility index (Phi) is 8.70. The molecular weight excluding hydrogens is 504 g/mol. The highest BCUT2D eigenvalue weighted by Gasteiger charge is 2.64. The number of hydrogen-bond acceptors (Lipinski definition) is 3. The SMILES string of the molecule is CC.Cc1ccc(COC2CC(C)(C)CC3C4=CCC5C(C)(CCC6C(CO)C(O)CCC65C)C4CCC23C)cc1. The zero-order valence-electron chi connectivity index (χ0n) is 27.5. The zero-order chi connectivity index (χ0) is 29.8. The highest BCUT2D eigenvalue weighted by molar-refractivity contribution is 5.29. The van der Waals surface area contributed by atoms with Crippen molar-refractivity contribution in [3.63, 3.8) is 0 Å². The van der Waals surface area contributed by atoms with E-state index >= 15 is 0 Å². The molecule has 4 fully saturated rings. The summed E-state index contributed by atoms with van der Waals surface area (Å²) >= 11 is 0. The molecule has 0 bridgehead atoms. The van der Waals surface area contributed by atoms with Crippen molar-refractivity contribution >= 4 is 0 Å². The Hall–Kier alpha value is -1.16. The van der Waals surface area contributed by atoms with Crippen LogP contribution in [0, 0.1) is 58.2 Å². The van der Waals surface area contributed by atoms with Gasteiger partial charge in [-0.1, -0.05) is 89.9 Å². The zero-order valence-corrected chi connectivity index (χ0v) is 27.5. The molecule has 3 heteroatoms. The fourth-order valence-corrected chi connectivity index (χ4v) is 11.1. The van der Waals surface area contributed by atoms with Crippen LogP contribution in [-0.2, 0) is 11.3 Å². The number of ether oxygens (including phenoxy) is 1. The molecule has 0 radical (unpaired) electrons. The van der Waals surface area contributed by atoms with E-state index in [9.17, 15) is 10.2 Å². The van der Waals surface area contributed by atoms with E-state index in [-0.39, 0.29) is 34.9 Å². The third-order valence-electron chi connectivity index (χ3n) is 13.4. The van der Waals surface area contributed by atoms with Crippen LogP contribution in [0.1, 0.15) is 117 Å². The first-order valence-corrected chi connectivity index (χ1v) is 17.1. The molecule has 5 aliphatic carbocycles. The number of fused-ring (bicyclic) bond motifs is 7. The van der Waals surface area contributed by atoms with E-state index in [1.165, 1.54) is 43.2 Å². The molecule has 0 saturated heterocycles. The molecule has 10 atom stereocenters. The van der Waals surface area contributed by atoms with Gasteiger partial charge in [0.2, 0.25) is 0 Å². The van der Waals surface area contributed by atoms with Crippen molar-refractivity contribution in [3.8, 4) is 0 Å². The fourth-order valence-electron chi connectivity index (χ4n) is 11.1. The van der Waals surface area contributed by atoms with Crippen molar-refractivity contribution in [2.45, 2.75) is 132 Å². The molecule has 0 amide bonds. The Morgan fingerprint density at radius 3 is 2.17 bits per heavy atom. The normalized spacial score (nSPS) is 44.6. The second-order valence-electron chi connectivity index (χ2n) is 16.1. The van der Waals surface area contributed by atoms with E-state index in [2.05, 4.69) is 71.9 Å². The summed E-state index contributed by atoms with van der Waals surface area (Å²) in [5.41, 5.74) is 5.37. The lowest BCUT2D eigenvalue weighted by Crippen LogP contribution is -2.61. The molecule has 4 saturated carbocycles. The minimum absolute atomic E-state index is 0.0545. The van der Waals surface area contributed by atoms with Crippen LogP contribution in [0.4, 0.5) is 0 Å². The highest BCUT2D eigenvalue weighted by Crippen LogP contribution is 2.70. The van der Waals surface area contributed by atoms with Crippen molar-refractivity contribution in [1.29, 1.82) is 0 Å². The predicted molar refractivity (Wildman–Crippen MR) is 169 cm³/mol. The summed E-state index contributed by atoms with van der Waals surface area (Å²) in [6, 6.07) is 8.86. The van der Waals surface area contributed by atoms with Gasteiger partial charge in [0.25, 0.3) is 0 Å². The number of hydrogen-bond donors (Lipinski definition) is 2. The summed E-state index contributed by atoms with van der Waals surface area (Å²) in [4.78, 5) is 0. The van der Waals surface area contributed by atoms with Crippen molar-refractivity contribution in [2.75, 3.05) is 6.61 Å². The average Bonchev–Trinajstić information content (AvgIpc) is 2.94. The molecule has 1 aromatic rings. The number of allylic oxidation sites excluding steroid dienone is 2. The first-order chi connectivity index (χ1) is 19.4. The summed E-state index contributed by atoms with van der Waals surface area (Å²) in [5, 5.41) is 21.0. The average molecular weight is 565 g/mol. The van der Waals surface area contributed by atoms with Crippen LogP contribution in [0.2, 0.25) is 0 Å². The number of rotatable bonds is 4. The van der Waals surface area contributed by atoms with Crippen molar-refractivity contribution in [1.82, 2.24) is 0 Å². The van der Waals surface area contributed by atoms with Gasteiger partial charge in [0, 0.05) is 17.9 Å². The van der Waals surface area contributed by atoms with Crippen LogP contribution in [0.3, 0.4) is 0 Å². The van der Waals surface area contributed by atoms with Gasteiger partial charge in [-0.2, -0.15) is 0 Å². The van der Waals surface area contributed by atoms with E-state index in [0.29, 0.717) is 41.8 Å². The fraction of sp³-hybridized carbons (Fsp3) is 0.789. The summed E-state index contributed by atoms with van der Waals surface area (Å²) < 4.78 is 6.87. The standard InChI is InChI=1S/C36H54O3.C2H6/c1-23-7-9-24(10-8-23)22-39-32-20-33(2,3)19-29-25-11-12-31-34(4,27(25)14-17-36(29,32)6)16-13-28-26(21-37)30(38)15-18-35(28,31)5;1-2/h7-11,26-32,37-38H,12-22H2,1-6H3;1-2H3. The Morgan fingerprint density at radius 1 is 0.829 bits per heavy atom. The third-order valence-corrected chi connectivity index (χ3v) is 13.4. The Bertz CT molecular complexity index is 1090. The second kappa shape index (κ2) is 11.4. The lowest BCUT2D eigenvalue weighted by Gasteiger charge is -2.67. The third kappa shape index (κ3) is 5.18. The summed E-state index contributed by atoms with van der Waals surface area (Å²) in [6.45, 7) is 19.7. The van der Waals surface area contributed by atoms with Crippen LogP contribution < -0.4 is 0 Å². The Morgan fingerprint density at radius 2 is 1.49 bits per heavy atom. The molecule has 6 rings (SSSR count). The highest BCUT2D eigenvalue weighted by atomic mass is 16.5. The molecule has 10 unspecified atom stereocenters. The van der Waals surface area contributed by atoms with E-state index in [1.807, 2.05) is 13.8 Å². The van der Waals surface area contributed by atoms with Gasteiger partial charge < -0.3 is 14.9 Å². The summed E-state index contributed by atoms with van der Waals surface area (Å²) in [6.07, 6.45) is 13.2. The number of aliphatic hydroxyl groups is 2. The first kappa shape index (κ1) is 31.3. The van der Waals surface area contributed by atoms with Gasteiger partial charge in [-0.25, -0.2) is 0 Å². The summed E-state index contributed by atoms with van der Waals surface area (Å²) in [7, 11) is 0. The van der Waals surface area contributed by atoms with Gasteiger partial charge in [0.1, 0.15) is 0 Å². The van der Waals surface area contributed by atoms with E-state index in [4.69, 9.17) is 4.74 Å². The molecule has 0 heterocycles. The quantitative estimate of drug-likeness (QED) is 0.359. The lowest BCUT2D eigenvalue weighted by atomic mass is 9.38. The van der Waals surface area contributed by atoms with Gasteiger partial charge in [0.05, 0.1) is 18.8 Å². The van der Waals surface area contributed by atoms with Crippen molar-refractivity contribution in [2.24, 2.45) is 51.2 Å². The molecule has 230 valence electrons. The van der Waals surface area contributed by atoms with Crippen LogP contribution in [0.25, 0.3) is 0 Å². The molecular formula is C38H60O3. The number of aryl methyl sites for hydroxylation is 1. The topological polar surface area (TPSA) is 49.7 Å². The van der Waals surface area contributed by atoms with Crippen LogP contribution in [-0.4, -0.2) is 29.0 Å². The number of benzene rings is 1. The van der Waals surface area contributed by atoms with Gasteiger partial charge >= 0.3 is 0 Å². The molecule has 0 aliphatic heterocycles. The van der Waals surface area contributed by atoms with Gasteiger partial charge in [0.15, 0.2) is 0 Å². The smallest absolute Gasteiger partial charge is 0.0720 e. The van der Waals surface area contributed by atoms with Crippen molar-refractivity contribution < 1.29 is 14.9 Å². The van der Waals surface area contributed by atoms with E-state index < -0.39 is 0 Å². The van der Waals surface area contributed by atoms with Crippen LogP contribution >= 0.6 is 0 Å². The van der Waals surface area contributed by atoms with Crippen LogP contribution in [0.15, 0.2) is 35.9 Å². The summed E-state index contributed by atoms with van der Waals surface area (Å²) in [5.74, 6) is 2.41. The molecule has 0 aromatic heterocycles. The van der Waals surface area contributed by atoms with Gasteiger partial charge in [-0.05, 0) is 110 Å². The number of aliphatic hydroxyl groups excluding tert-OH is 2. The maximum absolute atomic E-state index is 10.7. The molecule has 3 nitrogen and oxygen atoms in total. The first-order valence-electron chi connectivity index (χ1n) is 17.1. The Balaban J connectivity index is 0.00000165. The lowest BCUT2D eigenvalue weighted by molar-refractivity contribution is -0.177. The minimum Gasteiger partial charge on any atom is -0.396 e. The maximum atomic E-state index is 10.7. The van der Waals surface area contributed by atoms with Gasteiger partial charge in [-0.3, -0.25) is 0 Å². The molecule has 5 aliphatic rings. The van der Waals surface area contributed by atoms with E-state index in [1.54, 1.807) is 5.57 Å². The van der Waals surface area contributed by atoms with Crippen LogP contribution in [0.5, 0.6) is 0 Å². The Labute approximate surface area is 251 Å². The molecule has 0 spiro atoms. The van der Waals surface area contributed by atoms with E-state index in [0.717, 1.165) is 25.7 Å². The molecule has 2 N–H and O–H groups in total. The monoisotopic (exact) mass is 564 g/mol. The molecule has 41 heavy (non-hydrogen) atoms. The molecule has 1 aromatic carbocycles. The minimum atomic E-state index is -0.330. The second-order valence-corrected chi connectivity index (χ2v) is 16.1. The van der Waals surface area contributed by atoms with Crippen molar-refractivity contribution in [3.05, 3.63) is 47.0 Å². The van der Waals surface area contributed by atoms with Gasteiger partial charge in [-0.15, -0.1) is 0 Å². The predicted octanol–water partition coefficient (Wildman–Crippen LogP) is 8.89. The maximum Gasteiger partial charge on any atom is 0.0720 e. The largest absolute Gasteiger partial charge is 0.396 e.